The molecule has 0 amide bonds. The van der Waals surface area contributed by atoms with E-state index in [-0.39, 0.29) is 5.69 Å². The highest BCUT2D eigenvalue weighted by molar-refractivity contribution is 7.92. The standard InChI is InChI=1S/C18H13F2N3O2S/c19-13-6-11-18(17(20)12-13)26(24,25)23-16-9-7-15(8-10-16)22-21-14-4-2-1-3-5-14/h1-12,23H. The molecule has 0 saturated heterocycles. The van der Waals surface area contributed by atoms with Crippen LogP contribution in [0.25, 0.3) is 0 Å². The summed E-state index contributed by atoms with van der Waals surface area (Å²) in [6.45, 7) is 0. The highest BCUT2D eigenvalue weighted by atomic mass is 32.2. The Labute approximate surface area is 149 Å². The summed E-state index contributed by atoms with van der Waals surface area (Å²) >= 11 is 0. The van der Waals surface area contributed by atoms with Gasteiger partial charge in [0.05, 0.1) is 11.4 Å². The van der Waals surface area contributed by atoms with Crippen LogP contribution in [0.2, 0.25) is 0 Å². The molecule has 0 aliphatic carbocycles. The lowest BCUT2D eigenvalue weighted by molar-refractivity contribution is 0.551. The summed E-state index contributed by atoms with van der Waals surface area (Å²) in [5.74, 6) is -2.01. The maximum absolute atomic E-state index is 13.7. The molecule has 3 aromatic carbocycles. The van der Waals surface area contributed by atoms with E-state index in [1.807, 2.05) is 18.2 Å². The quantitative estimate of drug-likeness (QED) is 0.626. The molecule has 0 atom stereocenters. The van der Waals surface area contributed by atoms with Crippen molar-refractivity contribution in [2.75, 3.05) is 4.72 Å². The van der Waals surface area contributed by atoms with Crippen molar-refractivity contribution in [2.45, 2.75) is 4.90 Å². The van der Waals surface area contributed by atoms with Gasteiger partial charge in [0.1, 0.15) is 16.5 Å². The minimum atomic E-state index is -4.17. The van der Waals surface area contributed by atoms with E-state index >= 15 is 0 Å². The second kappa shape index (κ2) is 7.40. The van der Waals surface area contributed by atoms with Gasteiger partial charge in [-0.1, -0.05) is 18.2 Å². The number of nitrogens with one attached hydrogen (secondary N) is 1. The first kappa shape index (κ1) is 17.7. The number of benzene rings is 3. The van der Waals surface area contributed by atoms with Gasteiger partial charge in [-0.2, -0.15) is 10.2 Å². The molecule has 0 aliphatic rings. The summed E-state index contributed by atoms with van der Waals surface area (Å²) in [6.07, 6.45) is 0. The van der Waals surface area contributed by atoms with Crippen LogP contribution >= 0.6 is 0 Å². The van der Waals surface area contributed by atoms with Crippen LogP contribution in [-0.4, -0.2) is 8.42 Å². The lowest BCUT2D eigenvalue weighted by Crippen LogP contribution is -2.14. The Balaban J connectivity index is 1.75. The summed E-state index contributed by atoms with van der Waals surface area (Å²) in [5.41, 5.74) is 1.42. The molecule has 0 aromatic heterocycles. The van der Waals surface area contributed by atoms with Gasteiger partial charge in [0.25, 0.3) is 10.0 Å². The molecule has 0 fully saturated rings. The highest BCUT2D eigenvalue weighted by Gasteiger charge is 2.19. The highest BCUT2D eigenvalue weighted by Crippen LogP contribution is 2.23. The fourth-order valence-corrected chi connectivity index (χ4v) is 3.23. The van der Waals surface area contributed by atoms with Gasteiger partial charge >= 0.3 is 0 Å². The summed E-state index contributed by atoms with van der Waals surface area (Å²) in [6, 6.07) is 17.5. The average molecular weight is 373 g/mol. The largest absolute Gasteiger partial charge is 0.280 e. The molecule has 0 spiro atoms. The lowest BCUT2D eigenvalue weighted by atomic mass is 10.3. The molecule has 5 nitrogen and oxygen atoms in total. The normalized spacial score (nSPS) is 11.6. The van der Waals surface area contributed by atoms with Gasteiger partial charge in [-0.3, -0.25) is 4.72 Å². The summed E-state index contributed by atoms with van der Waals surface area (Å²) < 4.78 is 53.3. The predicted octanol–water partition coefficient (Wildman–Crippen LogP) is 5.18. The molecule has 0 bridgehead atoms. The average Bonchev–Trinajstić information content (AvgIpc) is 2.61. The minimum absolute atomic E-state index is 0.215. The summed E-state index contributed by atoms with van der Waals surface area (Å²) in [5, 5.41) is 8.09. The van der Waals surface area contributed by atoms with Crippen molar-refractivity contribution >= 4 is 27.1 Å². The number of nitrogens with zero attached hydrogens (tertiary/aromatic N) is 2. The minimum Gasteiger partial charge on any atom is -0.280 e. The van der Waals surface area contributed by atoms with E-state index in [4.69, 9.17) is 0 Å². The van der Waals surface area contributed by atoms with Crippen LogP contribution in [0, 0.1) is 11.6 Å². The Kier molecular flexibility index (Phi) is 5.04. The third-order valence-electron chi connectivity index (χ3n) is 3.34. The first-order valence-corrected chi connectivity index (χ1v) is 8.97. The van der Waals surface area contributed by atoms with Crippen LogP contribution in [0.5, 0.6) is 0 Å². The maximum Gasteiger partial charge on any atom is 0.264 e. The van der Waals surface area contributed by atoms with Crippen molar-refractivity contribution in [3.8, 4) is 0 Å². The Hall–Kier alpha value is -3.13. The fourth-order valence-electron chi connectivity index (χ4n) is 2.11. The van der Waals surface area contributed by atoms with Crippen molar-refractivity contribution in [1.82, 2.24) is 0 Å². The number of halogens is 2. The van der Waals surface area contributed by atoms with Crippen molar-refractivity contribution in [2.24, 2.45) is 10.2 Å². The van der Waals surface area contributed by atoms with Crippen LogP contribution in [0.1, 0.15) is 0 Å². The predicted molar refractivity (Wildman–Crippen MR) is 94.2 cm³/mol. The fraction of sp³-hybridized carbons (Fsp3) is 0. The molecule has 8 heteroatoms. The molecule has 0 aliphatic heterocycles. The molecule has 3 rings (SSSR count). The molecule has 1 N–H and O–H groups in total. The van der Waals surface area contributed by atoms with Crippen LogP contribution < -0.4 is 4.72 Å². The van der Waals surface area contributed by atoms with Gasteiger partial charge in [0, 0.05) is 11.8 Å². The van der Waals surface area contributed by atoms with Crippen LogP contribution in [0.15, 0.2) is 87.9 Å². The number of sulfonamides is 1. The van der Waals surface area contributed by atoms with E-state index in [1.54, 1.807) is 24.3 Å². The van der Waals surface area contributed by atoms with E-state index in [0.29, 0.717) is 17.4 Å². The Morgan fingerprint density at radius 1 is 0.769 bits per heavy atom. The van der Waals surface area contributed by atoms with E-state index in [0.717, 1.165) is 12.1 Å². The molecule has 0 unspecified atom stereocenters. The Morgan fingerprint density at radius 3 is 2.00 bits per heavy atom. The third-order valence-corrected chi connectivity index (χ3v) is 4.75. The summed E-state index contributed by atoms with van der Waals surface area (Å²) in [7, 11) is -4.17. The monoisotopic (exact) mass is 373 g/mol. The Morgan fingerprint density at radius 2 is 1.38 bits per heavy atom. The van der Waals surface area contributed by atoms with Gasteiger partial charge in [-0.05, 0) is 48.5 Å². The van der Waals surface area contributed by atoms with Crippen LogP contribution in [-0.2, 0) is 10.0 Å². The first-order chi connectivity index (χ1) is 12.4. The zero-order valence-corrected chi connectivity index (χ0v) is 14.1. The number of anilines is 1. The molecular weight excluding hydrogens is 360 g/mol. The van der Waals surface area contributed by atoms with Gasteiger partial charge in [-0.15, -0.1) is 0 Å². The SMILES string of the molecule is O=S(=O)(Nc1ccc(N=Nc2ccccc2)cc1)c1ccc(F)cc1F. The number of hydrogen-bond acceptors (Lipinski definition) is 4. The van der Waals surface area contributed by atoms with E-state index < -0.39 is 26.6 Å². The lowest BCUT2D eigenvalue weighted by Gasteiger charge is -2.09. The summed E-state index contributed by atoms with van der Waals surface area (Å²) in [4.78, 5) is -0.633. The number of hydrogen-bond donors (Lipinski definition) is 1. The molecule has 0 radical (unpaired) electrons. The van der Waals surface area contributed by atoms with Crippen LogP contribution in [0.3, 0.4) is 0 Å². The molecule has 26 heavy (non-hydrogen) atoms. The number of azo groups is 1. The second-order valence-corrected chi connectivity index (χ2v) is 6.91. The van der Waals surface area contributed by atoms with Gasteiger partial charge in [0.2, 0.25) is 0 Å². The zero-order valence-electron chi connectivity index (χ0n) is 13.3. The van der Waals surface area contributed by atoms with Crippen molar-refractivity contribution in [3.63, 3.8) is 0 Å². The van der Waals surface area contributed by atoms with Crippen molar-refractivity contribution < 1.29 is 17.2 Å². The third kappa shape index (κ3) is 4.28. The first-order valence-electron chi connectivity index (χ1n) is 7.49. The van der Waals surface area contributed by atoms with E-state index in [1.165, 1.54) is 12.1 Å². The van der Waals surface area contributed by atoms with Crippen LogP contribution in [0.4, 0.5) is 25.8 Å². The molecule has 132 valence electrons. The molecule has 0 saturated carbocycles. The van der Waals surface area contributed by atoms with Crippen molar-refractivity contribution in [3.05, 3.63) is 84.4 Å². The zero-order chi connectivity index (χ0) is 18.6. The topological polar surface area (TPSA) is 70.9 Å². The smallest absolute Gasteiger partial charge is 0.264 e. The Bertz CT molecular complexity index is 1040. The molecule has 3 aromatic rings. The van der Waals surface area contributed by atoms with Gasteiger partial charge < -0.3 is 0 Å². The number of rotatable bonds is 5. The van der Waals surface area contributed by atoms with Gasteiger partial charge in [-0.25, -0.2) is 17.2 Å². The van der Waals surface area contributed by atoms with Gasteiger partial charge in [0.15, 0.2) is 0 Å². The maximum atomic E-state index is 13.7. The van der Waals surface area contributed by atoms with E-state index in [9.17, 15) is 17.2 Å². The second-order valence-electron chi connectivity index (χ2n) is 5.26. The van der Waals surface area contributed by atoms with E-state index in [2.05, 4.69) is 15.0 Å². The molecule has 0 heterocycles. The van der Waals surface area contributed by atoms with Crippen molar-refractivity contribution in [1.29, 1.82) is 0 Å². The molecular formula is C18H13F2N3O2S.